The average molecular weight is 345 g/mol. The fraction of sp³-hybridized carbons (Fsp3) is 0.312. The van der Waals surface area contributed by atoms with E-state index in [9.17, 15) is 10.1 Å². The van der Waals surface area contributed by atoms with Crippen molar-refractivity contribution in [3.63, 3.8) is 0 Å². The Hall–Kier alpha value is -3.23. The van der Waals surface area contributed by atoms with Crippen molar-refractivity contribution in [3.8, 4) is 11.5 Å². The minimum Gasteiger partial charge on any atom is -0.486 e. The fourth-order valence-electron chi connectivity index (χ4n) is 2.41. The van der Waals surface area contributed by atoms with Crippen molar-refractivity contribution in [1.29, 1.82) is 0 Å². The van der Waals surface area contributed by atoms with E-state index < -0.39 is 4.92 Å². The molecule has 0 fully saturated rings. The summed E-state index contributed by atoms with van der Waals surface area (Å²) in [7, 11) is 0. The van der Waals surface area contributed by atoms with Gasteiger partial charge < -0.3 is 24.7 Å². The van der Waals surface area contributed by atoms with E-state index in [1.165, 1.54) is 0 Å². The first-order chi connectivity index (χ1) is 12.2. The highest BCUT2D eigenvalue weighted by Gasteiger charge is 2.12. The molecule has 25 heavy (non-hydrogen) atoms. The quantitative estimate of drug-likeness (QED) is 0.427. The molecule has 0 amide bonds. The lowest BCUT2D eigenvalue weighted by molar-refractivity contribution is -0.403. The lowest BCUT2D eigenvalue weighted by Gasteiger charge is -2.19. The van der Waals surface area contributed by atoms with E-state index in [1.54, 1.807) is 30.7 Å². The molecule has 0 spiro atoms. The van der Waals surface area contributed by atoms with Crippen LogP contribution < -0.4 is 20.1 Å². The molecule has 1 aliphatic rings. The van der Waals surface area contributed by atoms with Crippen LogP contribution in [0.1, 0.15) is 6.42 Å². The molecule has 0 radical (unpaired) electrons. The molecule has 9 nitrogen and oxygen atoms in total. The van der Waals surface area contributed by atoms with Crippen molar-refractivity contribution in [2.45, 2.75) is 13.0 Å². The Bertz CT molecular complexity index is 745. The van der Waals surface area contributed by atoms with E-state index in [2.05, 4.69) is 15.6 Å². The van der Waals surface area contributed by atoms with Gasteiger partial charge in [0.2, 0.25) is 0 Å². The van der Waals surface area contributed by atoms with Crippen molar-refractivity contribution in [2.24, 2.45) is 0 Å². The van der Waals surface area contributed by atoms with Crippen LogP contribution >= 0.6 is 0 Å². The largest absolute Gasteiger partial charge is 0.486 e. The summed E-state index contributed by atoms with van der Waals surface area (Å²) < 4.78 is 12.9. The maximum absolute atomic E-state index is 10.8. The zero-order chi connectivity index (χ0) is 17.5. The minimum absolute atomic E-state index is 0.312. The number of nitrogens with zero attached hydrogens (tertiary/aromatic N) is 3. The highest BCUT2D eigenvalue weighted by atomic mass is 16.6. The molecule has 0 saturated carbocycles. The summed E-state index contributed by atoms with van der Waals surface area (Å²) in [4.78, 5) is 14.3. The smallest absolute Gasteiger partial charge is 0.274 e. The molecule has 1 aromatic carbocycles. The molecule has 2 aromatic rings. The standard InChI is InChI=1S/C16H19N5O4/c22-21(23)11-16(18-4-1-6-20-7-5-17-12-20)19-13-2-3-14-15(10-13)25-9-8-24-14/h2-3,5,7,10-12,18-19H,1,4,6,8-9H2/b16-11-. The number of nitro groups is 1. The summed E-state index contributed by atoms with van der Waals surface area (Å²) in [6.45, 7) is 2.36. The summed E-state index contributed by atoms with van der Waals surface area (Å²) in [5, 5.41) is 16.9. The number of hydrogen-bond acceptors (Lipinski definition) is 7. The molecule has 2 N–H and O–H groups in total. The predicted molar refractivity (Wildman–Crippen MR) is 91.0 cm³/mol. The van der Waals surface area contributed by atoms with Crippen LogP contribution in [0.5, 0.6) is 11.5 Å². The predicted octanol–water partition coefficient (Wildman–Crippen LogP) is 1.82. The van der Waals surface area contributed by atoms with Crippen molar-refractivity contribution < 1.29 is 14.4 Å². The Balaban J connectivity index is 1.58. The van der Waals surface area contributed by atoms with Gasteiger partial charge in [-0.1, -0.05) is 0 Å². The molecule has 0 aliphatic carbocycles. The van der Waals surface area contributed by atoms with Crippen LogP contribution in [-0.4, -0.2) is 34.2 Å². The van der Waals surface area contributed by atoms with Crippen molar-refractivity contribution >= 4 is 5.69 Å². The summed E-state index contributed by atoms with van der Waals surface area (Å²) >= 11 is 0. The Kier molecular flexibility index (Phi) is 5.35. The van der Waals surface area contributed by atoms with Crippen LogP contribution in [0.3, 0.4) is 0 Å². The van der Waals surface area contributed by atoms with E-state index in [1.807, 2.05) is 10.8 Å². The van der Waals surface area contributed by atoms with Gasteiger partial charge in [-0.2, -0.15) is 0 Å². The van der Waals surface area contributed by atoms with Crippen molar-refractivity contribution in [3.05, 3.63) is 59.1 Å². The van der Waals surface area contributed by atoms with Gasteiger partial charge in [0.05, 0.1) is 11.3 Å². The topological polar surface area (TPSA) is 103 Å². The van der Waals surface area contributed by atoms with Crippen molar-refractivity contribution in [2.75, 3.05) is 25.1 Å². The van der Waals surface area contributed by atoms with E-state index in [0.717, 1.165) is 19.2 Å². The van der Waals surface area contributed by atoms with E-state index in [0.29, 0.717) is 42.8 Å². The molecule has 0 bridgehead atoms. The molecule has 2 heterocycles. The second-order valence-corrected chi connectivity index (χ2v) is 5.39. The molecule has 3 rings (SSSR count). The van der Waals surface area contributed by atoms with Gasteiger partial charge in [-0.15, -0.1) is 0 Å². The first kappa shape index (κ1) is 16.6. The molecule has 0 atom stereocenters. The number of aromatic nitrogens is 2. The first-order valence-corrected chi connectivity index (χ1v) is 7.92. The van der Waals surface area contributed by atoms with Gasteiger partial charge >= 0.3 is 0 Å². The van der Waals surface area contributed by atoms with Gasteiger partial charge in [0.25, 0.3) is 6.20 Å². The third-order valence-electron chi connectivity index (χ3n) is 3.52. The van der Waals surface area contributed by atoms with Gasteiger partial charge in [0, 0.05) is 37.2 Å². The van der Waals surface area contributed by atoms with Crippen molar-refractivity contribution in [1.82, 2.24) is 14.9 Å². The Morgan fingerprint density at radius 1 is 1.36 bits per heavy atom. The number of hydrogen-bond donors (Lipinski definition) is 2. The van der Waals surface area contributed by atoms with Crippen LogP contribution in [0.25, 0.3) is 0 Å². The zero-order valence-electron chi connectivity index (χ0n) is 13.6. The number of nitrogens with one attached hydrogen (secondary N) is 2. The normalized spacial score (nSPS) is 13.4. The number of ether oxygens (including phenoxy) is 2. The molecule has 1 aliphatic heterocycles. The number of rotatable bonds is 8. The van der Waals surface area contributed by atoms with Gasteiger partial charge in [0.1, 0.15) is 13.2 Å². The van der Waals surface area contributed by atoms with Crippen LogP contribution in [0.4, 0.5) is 5.69 Å². The van der Waals surface area contributed by atoms with Gasteiger partial charge in [0.15, 0.2) is 17.3 Å². The minimum atomic E-state index is -0.497. The van der Waals surface area contributed by atoms with Gasteiger partial charge in [-0.25, -0.2) is 4.98 Å². The Morgan fingerprint density at radius 3 is 2.96 bits per heavy atom. The number of imidazole rings is 1. The SMILES string of the molecule is O=[N+]([O-])/C=C(/NCCCn1ccnc1)Nc1ccc2c(c1)OCCO2. The molecule has 132 valence electrons. The van der Waals surface area contributed by atoms with E-state index in [-0.39, 0.29) is 0 Å². The highest BCUT2D eigenvalue weighted by molar-refractivity contribution is 5.57. The summed E-state index contributed by atoms with van der Waals surface area (Å²) in [5.41, 5.74) is 0.680. The Morgan fingerprint density at radius 2 is 2.20 bits per heavy atom. The molecule has 0 unspecified atom stereocenters. The molecular formula is C16H19N5O4. The zero-order valence-corrected chi connectivity index (χ0v) is 13.6. The van der Waals surface area contributed by atoms with Crippen LogP contribution in [-0.2, 0) is 6.54 Å². The van der Waals surface area contributed by atoms with Gasteiger partial charge in [-0.3, -0.25) is 10.1 Å². The second-order valence-electron chi connectivity index (χ2n) is 5.39. The fourth-order valence-corrected chi connectivity index (χ4v) is 2.41. The molecule has 1 aromatic heterocycles. The second kappa shape index (κ2) is 8.04. The van der Waals surface area contributed by atoms with Crippen LogP contribution in [0.15, 0.2) is 48.9 Å². The lowest BCUT2D eigenvalue weighted by Crippen LogP contribution is -2.23. The molecule has 9 heteroatoms. The molecular weight excluding hydrogens is 326 g/mol. The average Bonchev–Trinajstić information content (AvgIpc) is 3.11. The number of fused-ring (bicyclic) bond motifs is 1. The third-order valence-corrected chi connectivity index (χ3v) is 3.52. The summed E-state index contributed by atoms with van der Waals surface area (Å²) in [6.07, 6.45) is 7.04. The maximum Gasteiger partial charge on any atom is 0.274 e. The number of anilines is 1. The highest BCUT2D eigenvalue weighted by Crippen LogP contribution is 2.32. The third kappa shape index (κ3) is 4.87. The molecule has 0 saturated heterocycles. The van der Waals surface area contributed by atoms with Gasteiger partial charge in [-0.05, 0) is 18.6 Å². The van der Waals surface area contributed by atoms with E-state index >= 15 is 0 Å². The van der Waals surface area contributed by atoms with E-state index in [4.69, 9.17) is 9.47 Å². The first-order valence-electron chi connectivity index (χ1n) is 7.92. The van der Waals surface area contributed by atoms with Crippen LogP contribution in [0, 0.1) is 10.1 Å². The Labute approximate surface area is 144 Å². The maximum atomic E-state index is 10.8. The monoisotopic (exact) mass is 345 g/mol. The number of benzene rings is 1. The lowest BCUT2D eigenvalue weighted by atomic mass is 10.2. The summed E-state index contributed by atoms with van der Waals surface area (Å²) in [5.74, 6) is 1.61. The van der Waals surface area contributed by atoms with Crippen LogP contribution in [0.2, 0.25) is 0 Å². The summed E-state index contributed by atoms with van der Waals surface area (Å²) in [6, 6.07) is 5.32. The number of aryl methyl sites for hydroxylation is 1.